The minimum Gasteiger partial charge on any atom is -0.477 e. The fourth-order valence-electron chi connectivity index (χ4n) is 3.58. The van der Waals surface area contributed by atoms with Crippen molar-refractivity contribution in [1.29, 1.82) is 0 Å². The summed E-state index contributed by atoms with van der Waals surface area (Å²) in [7, 11) is 0. The third-order valence-electron chi connectivity index (χ3n) is 5.34. The van der Waals surface area contributed by atoms with Gasteiger partial charge in [-0.1, -0.05) is 34.5 Å². The number of aryl methyl sites for hydroxylation is 1. The van der Waals surface area contributed by atoms with E-state index < -0.39 is 17.4 Å². The second-order valence-electron chi connectivity index (χ2n) is 8.13. The molecule has 0 aliphatic rings. The Morgan fingerprint density at radius 3 is 2.68 bits per heavy atom. The number of nitrogens with one attached hydrogen (secondary N) is 1. The van der Waals surface area contributed by atoms with E-state index in [2.05, 4.69) is 31.3 Å². The lowest BCUT2D eigenvalue weighted by Crippen LogP contribution is -2.22. The van der Waals surface area contributed by atoms with Gasteiger partial charge in [-0.15, -0.1) is 0 Å². The van der Waals surface area contributed by atoms with Crippen LogP contribution in [0.25, 0.3) is 10.9 Å². The van der Waals surface area contributed by atoms with Gasteiger partial charge in [-0.05, 0) is 61.0 Å². The maximum atomic E-state index is 13.1. The molecular formula is C26H21BrClN5O5. The Bertz CT molecular complexity index is 1600. The first-order valence-electron chi connectivity index (χ1n) is 11.5. The molecule has 4 aromatic rings. The zero-order valence-corrected chi connectivity index (χ0v) is 22.4. The van der Waals surface area contributed by atoms with Crippen molar-refractivity contribution in [1.82, 2.24) is 9.66 Å². The van der Waals surface area contributed by atoms with Crippen molar-refractivity contribution >= 4 is 61.9 Å². The number of fused-ring (bicyclic) bond motifs is 1. The molecule has 0 fully saturated rings. The van der Waals surface area contributed by atoms with Crippen LogP contribution in [-0.4, -0.2) is 33.3 Å². The number of hydrogen-bond acceptors (Lipinski definition) is 7. The molecule has 0 saturated carbocycles. The molecule has 1 amide bonds. The molecule has 1 heterocycles. The Kier molecular flexibility index (Phi) is 8.49. The van der Waals surface area contributed by atoms with E-state index in [4.69, 9.17) is 16.3 Å². The van der Waals surface area contributed by atoms with Crippen LogP contribution in [0.4, 0.5) is 11.4 Å². The van der Waals surface area contributed by atoms with E-state index in [1.54, 1.807) is 42.5 Å². The summed E-state index contributed by atoms with van der Waals surface area (Å²) in [6.07, 6.45) is 2.60. The summed E-state index contributed by atoms with van der Waals surface area (Å²) in [6, 6.07) is 15.9. The number of amides is 1. The standard InChI is InChI=1S/C26H21BrClN5O5/c1-2-3-24-31-21-10-5-17(27)13-20(21)26(35)32(24)29-14-16-4-11-23(22(12-16)33(36)37)38-15-25(34)30-19-8-6-18(28)7-9-19/h4-14H,2-3,15H2,1H3,(H,30,34). The van der Waals surface area contributed by atoms with Gasteiger partial charge in [-0.3, -0.25) is 19.7 Å². The largest absolute Gasteiger partial charge is 0.477 e. The molecule has 38 heavy (non-hydrogen) atoms. The lowest BCUT2D eigenvalue weighted by Gasteiger charge is -2.09. The van der Waals surface area contributed by atoms with Gasteiger partial charge >= 0.3 is 5.69 Å². The molecule has 12 heteroatoms. The normalized spacial score (nSPS) is 11.1. The second kappa shape index (κ2) is 12.0. The monoisotopic (exact) mass is 597 g/mol. The summed E-state index contributed by atoms with van der Waals surface area (Å²) in [5.41, 5.74) is 0.730. The third-order valence-corrected chi connectivity index (χ3v) is 6.08. The number of benzene rings is 3. The number of carbonyl (C=O) groups excluding carboxylic acids is 1. The summed E-state index contributed by atoms with van der Waals surface area (Å²) in [5.74, 6) is -0.102. The van der Waals surface area contributed by atoms with Crippen molar-refractivity contribution in [3.05, 3.63) is 102 Å². The molecule has 0 spiro atoms. The van der Waals surface area contributed by atoms with Crippen LogP contribution in [0.5, 0.6) is 5.75 Å². The molecule has 1 N–H and O–H groups in total. The highest BCUT2D eigenvalue weighted by Crippen LogP contribution is 2.27. The second-order valence-corrected chi connectivity index (χ2v) is 9.48. The van der Waals surface area contributed by atoms with Crippen molar-refractivity contribution in [3.8, 4) is 5.75 Å². The molecule has 0 unspecified atom stereocenters. The number of nitro benzene ring substituents is 1. The molecule has 0 saturated heterocycles. The average molecular weight is 599 g/mol. The number of nitrogens with zero attached hydrogens (tertiary/aromatic N) is 4. The van der Waals surface area contributed by atoms with E-state index in [-0.39, 0.29) is 17.0 Å². The van der Waals surface area contributed by atoms with E-state index in [0.717, 1.165) is 10.9 Å². The van der Waals surface area contributed by atoms with E-state index >= 15 is 0 Å². The van der Waals surface area contributed by atoms with E-state index in [1.165, 1.54) is 23.0 Å². The number of hydrogen-bond donors (Lipinski definition) is 1. The molecule has 4 rings (SSSR count). The zero-order chi connectivity index (χ0) is 27.2. The van der Waals surface area contributed by atoms with Crippen LogP contribution >= 0.6 is 27.5 Å². The third kappa shape index (κ3) is 6.42. The molecular weight excluding hydrogens is 578 g/mol. The van der Waals surface area contributed by atoms with Crippen molar-refractivity contribution in [2.45, 2.75) is 19.8 Å². The number of anilines is 1. The first kappa shape index (κ1) is 27.0. The summed E-state index contributed by atoms with van der Waals surface area (Å²) in [6.45, 7) is 1.52. The van der Waals surface area contributed by atoms with Crippen LogP contribution in [0, 0.1) is 10.1 Å². The SMILES string of the molecule is CCCc1nc2ccc(Br)cc2c(=O)n1N=Cc1ccc(OCC(=O)Nc2ccc(Cl)cc2)c([N+](=O)[O-])c1. The quantitative estimate of drug-likeness (QED) is 0.152. The zero-order valence-electron chi connectivity index (χ0n) is 20.1. The van der Waals surface area contributed by atoms with Crippen molar-refractivity contribution < 1.29 is 14.5 Å². The van der Waals surface area contributed by atoms with Crippen molar-refractivity contribution in [2.75, 3.05) is 11.9 Å². The Hall–Kier alpha value is -4.09. The number of halogens is 2. The predicted molar refractivity (Wildman–Crippen MR) is 149 cm³/mol. The first-order chi connectivity index (χ1) is 18.2. The van der Waals surface area contributed by atoms with Gasteiger partial charge in [0.15, 0.2) is 12.4 Å². The first-order valence-corrected chi connectivity index (χ1v) is 12.6. The lowest BCUT2D eigenvalue weighted by atomic mass is 10.2. The molecule has 3 aromatic carbocycles. The molecule has 0 aliphatic heterocycles. The smallest absolute Gasteiger partial charge is 0.311 e. The maximum absolute atomic E-state index is 13.1. The number of carbonyl (C=O) groups is 1. The van der Waals surface area contributed by atoms with Crippen LogP contribution in [-0.2, 0) is 11.2 Å². The fraction of sp³-hybridized carbons (Fsp3) is 0.154. The number of ether oxygens (including phenoxy) is 1. The Labute approximate surface area is 230 Å². The van der Waals surface area contributed by atoms with Gasteiger partial charge in [-0.2, -0.15) is 9.78 Å². The molecule has 1 aromatic heterocycles. The Balaban J connectivity index is 1.56. The van der Waals surface area contributed by atoms with Crippen LogP contribution in [0.2, 0.25) is 5.02 Å². The van der Waals surface area contributed by atoms with Gasteiger partial charge in [-0.25, -0.2) is 4.98 Å². The van der Waals surface area contributed by atoms with Gasteiger partial charge in [0.05, 0.1) is 22.0 Å². The maximum Gasteiger partial charge on any atom is 0.311 e. The van der Waals surface area contributed by atoms with Crippen LogP contribution in [0.3, 0.4) is 0 Å². The summed E-state index contributed by atoms with van der Waals surface area (Å²) >= 11 is 9.20. The van der Waals surface area contributed by atoms with Gasteiger partial charge < -0.3 is 10.1 Å². The van der Waals surface area contributed by atoms with Gasteiger partial charge in [0, 0.05) is 33.2 Å². The highest BCUT2D eigenvalue weighted by molar-refractivity contribution is 9.10. The number of aromatic nitrogens is 2. The minimum atomic E-state index is -0.617. The summed E-state index contributed by atoms with van der Waals surface area (Å²) in [4.78, 5) is 41.0. The molecule has 0 radical (unpaired) electrons. The summed E-state index contributed by atoms with van der Waals surface area (Å²) in [5, 5.41) is 19.5. The molecule has 10 nitrogen and oxygen atoms in total. The average Bonchev–Trinajstić information content (AvgIpc) is 2.89. The molecule has 194 valence electrons. The Morgan fingerprint density at radius 2 is 1.97 bits per heavy atom. The van der Waals surface area contributed by atoms with Crippen molar-refractivity contribution in [2.24, 2.45) is 5.10 Å². The highest BCUT2D eigenvalue weighted by Gasteiger charge is 2.17. The van der Waals surface area contributed by atoms with E-state index in [0.29, 0.717) is 39.4 Å². The van der Waals surface area contributed by atoms with Crippen LogP contribution in [0.15, 0.2) is 75.0 Å². The van der Waals surface area contributed by atoms with E-state index in [1.807, 2.05) is 13.0 Å². The topological polar surface area (TPSA) is 129 Å². The van der Waals surface area contributed by atoms with Crippen LogP contribution < -0.4 is 15.6 Å². The van der Waals surface area contributed by atoms with Gasteiger partial charge in [0.25, 0.3) is 11.5 Å². The predicted octanol–water partition coefficient (Wildman–Crippen LogP) is 5.57. The Morgan fingerprint density at radius 1 is 1.21 bits per heavy atom. The van der Waals surface area contributed by atoms with Crippen LogP contribution in [0.1, 0.15) is 24.7 Å². The number of rotatable bonds is 9. The lowest BCUT2D eigenvalue weighted by molar-refractivity contribution is -0.385. The van der Waals surface area contributed by atoms with E-state index in [9.17, 15) is 19.7 Å². The highest BCUT2D eigenvalue weighted by atomic mass is 79.9. The molecule has 0 atom stereocenters. The summed E-state index contributed by atoms with van der Waals surface area (Å²) < 4.78 is 7.35. The fourth-order valence-corrected chi connectivity index (χ4v) is 4.06. The van der Waals surface area contributed by atoms with Gasteiger partial charge in [0.1, 0.15) is 5.82 Å². The van der Waals surface area contributed by atoms with Crippen molar-refractivity contribution in [3.63, 3.8) is 0 Å². The van der Waals surface area contributed by atoms with Gasteiger partial charge in [0.2, 0.25) is 0 Å². The minimum absolute atomic E-state index is 0.0838. The molecule has 0 aliphatic carbocycles. The molecule has 0 bridgehead atoms. The number of nitro groups is 1.